The van der Waals surface area contributed by atoms with Gasteiger partial charge in [-0.1, -0.05) is 12.8 Å². The van der Waals surface area contributed by atoms with Gasteiger partial charge in [0.05, 0.1) is 6.61 Å². The Morgan fingerprint density at radius 3 is 2.47 bits per heavy atom. The van der Waals surface area contributed by atoms with E-state index in [0.29, 0.717) is 24.5 Å². The van der Waals surface area contributed by atoms with E-state index in [-0.39, 0.29) is 0 Å². The summed E-state index contributed by atoms with van der Waals surface area (Å²) >= 11 is 0. The Morgan fingerprint density at radius 1 is 1.11 bits per heavy atom. The Labute approximate surface area is 114 Å². The first kappa shape index (κ1) is 13.8. The molecule has 0 spiro atoms. The van der Waals surface area contributed by atoms with Gasteiger partial charge in [-0.15, -0.1) is 0 Å². The summed E-state index contributed by atoms with van der Waals surface area (Å²) < 4.78 is 5.35. The average Bonchev–Trinajstić information content (AvgIpc) is 3.19. The van der Waals surface area contributed by atoms with Crippen molar-refractivity contribution in [1.29, 1.82) is 0 Å². The third kappa shape index (κ3) is 4.89. The number of anilines is 2. The van der Waals surface area contributed by atoms with E-state index in [4.69, 9.17) is 4.74 Å². The van der Waals surface area contributed by atoms with E-state index in [2.05, 4.69) is 25.6 Å². The number of nitrogens with one attached hydrogen (secondary N) is 2. The SMILES string of the molecule is CCNc1nc(NCCCC2CC2)nc(OCC)n1. The molecular weight excluding hydrogens is 242 g/mol. The number of rotatable bonds is 9. The van der Waals surface area contributed by atoms with Crippen LogP contribution in [-0.4, -0.2) is 34.6 Å². The largest absolute Gasteiger partial charge is 0.464 e. The lowest BCUT2D eigenvalue weighted by Gasteiger charge is -2.09. The van der Waals surface area contributed by atoms with Gasteiger partial charge in [0, 0.05) is 13.1 Å². The first-order chi connectivity index (χ1) is 9.31. The molecule has 2 N–H and O–H groups in total. The molecule has 1 heterocycles. The molecule has 0 aromatic carbocycles. The van der Waals surface area contributed by atoms with Crippen molar-refractivity contribution in [3.8, 4) is 6.01 Å². The highest BCUT2D eigenvalue weighted by Crippen LogP contribution is 2.33. The Balaban J connectivity index is 1.88. The highest BCUT2D eigenvalue weighted by atomic mass is 16.5. The predicted octanol–water partition coefficient (Wildman–Crippen LogP) is 2.30. The Kier molecular flexibility index (Phi) is 5.18. The topological polar surface area (TPSA) is 72.0 Å². The molecule has 0 saturated heterocycles. The fraction of sp³-hybridized carbons (Fsp3) is 0.769. The number of hydrogen-bond acceptors (Lipinski definition) is 6. The maximum atomic E-state index is 5.35. The molecule has 6 heteroatoms. The molecule has 0 radical (unpaired) electrons. The second-order valence-corrected chi connectivity index (χ2v) is 4.74. The summed E-state index contributed by atoms with van der Waals surface area (Å²) in [5.41, 5.74) is 0. The van der Waals surface area contributed by atoms with Crippen molar-refractivity contribution in [3.05, 3.63) is 0 Å². The summed E-state index contributed by atoms with van der Waals surface area (Å²) in [6.07, 6.45) is 5.28. The molecule has 1 aliphatic carbocycles. The van der Waals surface area contributed by atoms with E-state index in [1.165, 1.54) is 19.3 Å². The van der Waals surface area contributed by atoms with Crippen LogP contribution in [-0.2, 0) is 0 Å². The van der Waals surface area contributed by atoms with E-state index in [0.717, 1.165) is 25.4 Å². The zero-order chi connectivity index (χ0) is 13.5. The van der Waals surface area contributed by atoms with Gasteiger partial charge in [0.25, 0.3) is 0 Å². The first-order valence-corrected chi connectivity index (χ1v) is 7.18. The van der Waals surface area contributed by atoms with Gasteiger partial charge in [0.1, 0.15) is 0 Å². The lowest BCUT2D eigenvalue weighted by Crippen LogP contribution is -2.11. The highest BCUT2D eigenvalue weighted by molar-refractivity contribution is 5.35. The molecule has 1 aromatic rings. The second kappa shape index (κ2) is 7.11. The van der Waals surface area contributed by atoms with Gasteiger partial charge in [0.15, 0.2) is 0 Å². The van der Waals surface area contributed by atoms with Crippen LogP contribution in [0.4, 0.5) is 11.9 Å². The van der Waals surface area contributed by atoms with Gasteiger partial charge in [-0.3, -0.25) is 0 Å². The third-order valence-electron chi connectivity index (χ3n) is 2.99. The molecule has 19 heavy (non-hydrogen) atoms. The summed E-state index contributed by atoms with van der Waals surface area (Å²) in [7, 11) is 0. The van der Waals surface area contributed by atoms with Crippen molar-refractivity contribution < 1.29 is 4.74 Å². The number of ether oxygens (including phenoxy) is 1. The van der Waals surface area contributed by atoms with Gasteiger partial charge < -0.3 is 15.4 Å². The van der Waals surface area contributed by atoms with E-state index < -0.39 is 0 Å². The predicted molar refractivity (Wildman–Crippen MR) is 75.6 cm³/mol. The summed E-state index contributed by atoms with van der Waals surface area (Å²) in [6.45, 7) is 6.15. The van der Waals surface area contributed by atoms with Crippen molar-refractivity contribution in [2.45, 2.75) is 39.5 Å². The van der Waals surface area contributed by atoms with Crippen LogP contribution < -0.4 is 15.4 Å². The molecule has 1 fully saturated rings. The van der Waals surface area contributed by atoms with E-state index in [9.17, 15) is 0 Å². The average molecular weight is 265 g/mol. The van der Waals surface area contributed by atoms with Crippen LogP contribution >= 0.6 is 0 Å². The van der Waals surface area contributed by atoms with Crippen LogP contribution in [0.3, 0.4) is 0 Å². The fourth-order valence-electron chi connectivity index (χ4n) is 1.86. The van der Waals surface area contributed by atoms with E-state index in [1.807, 2.05) is 13.8 Å². The standard InChI is InChI=1S/C13H23N5O/c1-3-14-11-16-12(18-13(17-11)19-4-2)15-9-5-6-10-7-8-10/h10H,3-9H2,1-2H3,(H2,14,15,16,17,18). The van der Waals surface area contributed by atoms with Crippen LogP contribution in [0.2, 0.25) is 0 Å². The Morgan fingerprint density at radius 2 is 1.84 bits per heavy atom. The highest BCUT2D eigenvalue weighted by Gasteiger charge is 2.20. The third-order valence-corrected chi connectivity index (χ3v) is 2.99. The lowest BCUT2D eigenvalue weighted by atomic mass is 10.2. The Hall–Kier alpha value is -1.59. The summed E-state index contributed by atoms with van der Waals surface area (Å²) in [6, 6.07) is 0.373. The quantitative estimate of drug-likeness (QED) is 0.668. The summed E-state index contributed by atoms with van der Waals surface area (Å²) in [4.78, 5) is 12.7. The summed E-state index contributed by atoms with van der Waals surface area (Å²) in [5, 5.41) is 6.33. The molecule has 106 valence electrons. The maximum Gasteiger partial charge on any atom is 0.323 e. The van der Waals surface area contributed by atoms with Crippen molar-refractivity contribution in [2.24, 2.45) is 5.92 Å². The van der Waals surface area contributed by atoms with Gasteiger partial charge in [-0.25, -0.2) is 0 Å². The zero-order valence-electron chi connectivity index (χ0n) is 11.8. The molecule has 0 atom stereocenters. The smallest absolute Gasteiger partial charge is 0.323 e. The van der Waals surface area contributed by atoms with Gasteiger partial charge in [-0.2, -0.15) is 15.0 Å². The van der Waals surface area contributed by atoms with Crippen LogP contribution in [0.25, 0.3) is 0 Å². The van der Waals surface area contributed by atoms with Crippen LogP contribution in [0, 0.1) is 5.92 Å². The van der Waals surface area contributed by atoms with Crippen LogP contribution in [0.1, 0.15) is 39.5 Å². The lowest BCUT2D eigenvalue weighted by molar-refractivity contribution is 0.312. The molecule has 1 aliphatic rings. The number of hydrogen-bond donors (Lipinski definition) is 2. The first-order valence-electron chi connectivity index (χ1n) is 7.18. The summed E-state index contributed by atoms with van der Waals surface area (Å²) in [5.74, 6) is 2.12. The van der Waals surface area contributed by atoms with Gasteiger partial charge >= 0.3 is 6.01 Å². The molecule has 0 amide bonds. The maximum absolute atomic E-state index is 5.35. The fourth-order valence-corrected chi connectivity index (χ4v) is 1.86. The zero-order valence-corrected chi connectivity index (χ0v) is 11.8. The normalized spacial score (nSPS) is 14.2. The van der Waals surface area contributed by atoms with Crippen LogP contribution in [0.15, 0.2) is 0 Å². The van der Waals surface area contributed by atoms with E-state index >= 15 is 0 Å². The molecule has 1 aromatic heterocycles. The number of aromatic nitrogens is 3. The minimum absolute atomic E-state index is 0.373. The number of nitrogens with zero attached hydrogens (tertiary/aromatic N) is 3. The molecule has 1 saturated carbocycles. The minimum Gasteiger partial charge on any atom is -0.464 e. The van der Waals surface area contributed by atoms with Crippen molar-refractivity contribution in [1.82, 2.24) is 15.0 Å². The molecule has 0 unspecified atom stereocenters. The molecule has 2 rings (SSSR count). The monoisotopic (exact) mass is 265 g/mol. The van der Waals surface area contributed by atoms with Crippen molar-refractivity contribution in [2.75, 3.05) is 30.3 Å². The molecular formula is C13H23N5O. The van der Waals surface area contributed by atoms with Gasteiger partial charge in [0.2, 0.25) is 11.9 Å². The minimum atomic E-state index is 0.373. The van der Waals surface area contributed by atoms with Crippen LogP contribution in [0.5, 0.6) is 6.01 Å². The second-order valence-electron chi connectivity index (χ2n) is 4.74. The Bertz CT molecular complexity index is 370. The molecule has 0 aliphatic heterocycles. The van der Waals surface area contributed by atoms with E-state index in [1.54, 1.807) is 0 Å². The van der Waals surface area contributed by atoms with Gasteiger partial charge in [-0.05, 0) is 32.6 Å². The molecule has 6 nitrogen and oxygen atoms in total. The van der Waals surface area contributed by atoms with Crippen molar-refractivity contribution in [3.63, 3.8) is 0 Å². The molecule has 0 bridgehead atoms. The van der Waals surface area contributed by atoms with Crippen molar-refractivity contribution >= 4 is 11.9 Å².